The molecule has 17 heavy (non-hydrogen) atoms. The average Bonchev–Trinajstić information content (AvgIpc) is 2.34. The zero-order valence-electron chi connectivity index (χ0n) is 10.6. The van der Waals surface area contributed by atoms with Gasteiger partial charge >= 0.3 is 7.60 Å². The van der Waals surface area contributed by atoms with Gasteiger partial charge in [-0.3, -0.25) is 9.36 Å². The molecule has 0 amide bonds. The highest BCUT2D eigenvalue weighted by Gasteiger charge is 2.45. The van der Waals surface area contributed by atoms with Crippen molar-refractivity contribution in [3.8, 4) is 0 Å². The van der Waals surface area contributed by atoms with E-state index in [1.54, 1.807) is 0 Å². The van der Waals surface area contributed by atoms with E-state index in [9.17, 15) is 9.36 Å². The summed E-state index contributed by atoms with van der Waals surface area (Å²) in [4.78, 5) is 12.2. The zero-order chi connectivity index (χ0) is 12.5. The van der Waals surface area contributed by atoms with E-state index in [2.05, 4.69) is 0 Å². The lowest BCUT2D eigenvalue weighted by atomic mass is 9.90. The fraction of sp³-hybridized carbons (Fsp3) is 0.917. The van der Waals surface area contributed by atoms with E-state index in [4.69, 9.17) is 9.05 Å². The quantitative estimate of drug-likeness (QED) is 0.714. The summed E-state index contributed by atoms with van der Waals surface area (Å²) < 4.78 is 22.9. The molecule has 1 saturated heterocycles. The van der Waals surface area contributed by atoms with Crippen molar-refractivity contribution in [2.24, 2.45) is 11.3 Å². The molecule has 0 aromatic carbocycles. The second-order valence-electron chi connectivity index (χ2n) is 5.88. The van der Waals surface area contributed by atoms with E-state index in [1.807, 2.05) is 13.8 Å². The highest BCUT2D eigenvalue weighted by molar-refractivity contribution is 7.71. The molecule has 1 heterocycles. The van der Waals surface area contributed by atoms with Gasteiger partial charge in [-0.1, -0.05) is 33.1 Å². The van der Waals surface area contributed by atoms with Crippen LogP contribution in [0.4, 0.5) is 0 Å². The monoisotopic (exact) mass is 260 g/mol. The Morgan fingerprint density at radius 3 is 2.18 bits per heavy atom. The minimum absolute atomic E-state index is 0.115. The van der Waals surface area contributed by atoms with Gasteiger partial charge in [0.15, 0.2) is 0 Å². The summed E-state index contributed by atoms with van der Waals surface area (Å²) >= 11 is 0. The predicted molar refractivity (Wildman–Crippen MR) is 64.9 cm³/mol. The second kappa shape index (κ2) is 4.83. The Hall–Kier alpha value is -0.180. The van der Waals surface area contributed by atoms with E-state index < -0.39 is 7.60 Å². The summed E-state index contributed by atoms with van der Waals surface area (Å²) in [5.74, 6) is -0.115. The molecule has 0 aromatic rings. The van der Waals surface area contributed by atoms with Gasteiger partial charge in [-0.2, -0.15) is 0 Å². The Kier molecular flexibility index (Phi) is 3.77. The van der Waals surface area contributed by atoms with Crippen molar-refractivity contribution in [3.05, 3.63) is 0 Å². The van der Waals surface area contributed by atoms with E-state index in [0.717, 1.165) is 25.7 Å². The summed E-state index contributed by atoms with van der Waals surface area (Å²) in [6.07, 6.45) is 4.92. The molecule has 2 rings (SSSR count). The van der Waals surface area contributed by atoms with Crippen molar-refractivity contribution in [2.45, 2.75) is 46.0 Å². The lowest BCUT2D eigenvalue weighted by Crippen LogP contribution is -2.32. The zero-order valence-corrected chi connectivity index (χ0v) is 11.5. The van der Waals surface area contributed by atoms with Crippen molar-refractivity contribution < 1.29 is 18.4 Å². The van der Waals surface area contributed by atoms with Crippen LogP contribution in [0.3, 0.4) is 0 Å². The molecule has 0 radical (unpaired) electrons. The van der Waals surface area contributed by atoms with E-state index in [1.165, 1.54) is 6.42 Å². The van der Waals surface area contributed by atoms with Crippen LogP contribution < -0.4 is 0 Å². The molecule has 0 bridgehead atoms. The Bertz CT molecular complexity index is 330. The molecule has 0 N–H and O–H groups in total. The van der Waals surface area contributed by atoms with E-state index in [-0.39, 0.29) is 16.9 Å². The Labute approximate surface area is 103 Å². The van der Waals surface area contributed by atoms with Crippen LogP contribution in [-0.2, 0) is 18.4 Å². The number of carbonyl (C=O) groups excluding carboxylic acids is 1. The summed E-state index contributed by atoms with van der Waals surface area (Å²) in [6, 6.07) is 0. The van der Waals surface area contributed by atoms with Crippen LogP contribution in [0.1, 0.15) is 46.0 Å². The summed E-state index contributed by atoms with van der Waals surface area (Å²) in [7, 11) is -3.49. The van der Waals surface area contributed by atoms with Crippen molar-refractivity contribution in [3.63, 3.8) is 0 Å². The average molecular weight is 260 g/mol. The van der Waals surface area contributed by atoms with Crippen molar-refractivity contribution >= 4 is 13.1 Å². The maximum Gasteiger partial charge on any atom is 0.397 e. The number of rotatable bonds is 2. The van der Waals surface area contributed by atoms with Gasteiger partial charge in [0.1, 0.15) is 0 Å². The first kappa shape index (κ1) is 13.3. The minimum Gasteiger partial charge on any atom is -0.303 e. The minimum atomic E-state index is -3.49. The number of hydrogen-bond donors (Lipinski definition) is 0. The second-order valence-corrected chi connectivity index (χ2v) is 7.83. The molecule has 4 nitrogen and oxygen atoms in total. The maximum atomic E-state index is 12.3. The maximum absolute atomic E-state index is 12.3. The number of hydrogen-bond acceptors (Lipinski definition) is 4. The fourth-order valence-electron chi connectivity index (χ4n) is 2.30. The lowest BCUT2D eigenvalue weighted by molar-refractivity contribution is -0.119. The van der Waals surface area contributed by atoms with Crippen molar-refractivity contribution in [1.82, 2.24) is 0 Å². The van der Waals surface area contributed by atoms with E-state index in [0.29, 0.717) is 13.2 Å². The SMILES string of the molecule is CC1(C)COP(=O)(C(=O)C2CCCCC2)OC1. The van der Waals surface area contributed by atoms with Crippen LogP contribution in [0.25, 0.3) is 0 Å². The van der Waals surface area contributed by atoms with Gasteiger partial charge in [0.2, 0.25) is 5.52 Å². The third-order valence-corrected chi connectivity index (χ3v) is 5.32. The summed E-state index contributed by atoms with van der Waals surface area (Å²) in [5.41, 5.74) is -0.437. The first-order valence-corrected chi connectivity index (χ1v) is 7.91. The molecule has 98 valence electrons. The predicted octanol–water partition coefficient (Wildman–Crippen LogP) is 3.36. The molecule has 0 aromatic heterocycles. The normalized spacial score (nSPS) is 28.8. The summed E-state index contributed by atoms with van der Waals surface area (Å²) in [6.45, 7) is 4.62. The largest absolute Gasteiger partial charge is 0.397 e. The van der Waals surface area contributed by atoms with E-state index >= 15 is 0 Å². The van der Waals surface area contributed by atoms with Crippen molar-refractivity contribution in [2.75, 3.05) is 13.2 Å². The standard InChI is InChI=1S/C12H21O4P/c1-12(2)8-15-17(14,16-9-12)11(13)10-6-4-3-5-7-10/h10H,3-9H2,1-2H3. The Balaban J connectivity index is 2.01. The Morgan fingerprint density at radius 1 is 1.12 bits per heavy atom. The molecule has 1 aliphatic carbocycles. The van der Waals surface area contributed by atoms with Crippen LogP contribution in [0, 0.1) is 11.3 Å². The van der Waals surface area contributed by atoms with Crippen LogP contribution in [0.15, 0.2) is 0 Å². The highest BCUT2D eigenvalue weighted by Crippen LogP contribution is 2.57. The molecule has 1 saturated carbocycles. The molecule has 0 spiro atoms. The molecule has 2 fully saturated rings. The lowest BCUT2D eigenvalue weighted by Gasteiger charge is -2.34. The van der Waals surface area contributed by atoms with Crippen LogP contribution in [0.5, 0.6) is 0 Å². The van der Waals surface area contributed by atoms with Crippen LogP contribution in [-0.4, -0.2) is 18.7 Å². The van der Waals surface area contributed by atoms with Gasteiger partial charge in [-0.25, -0.2) is 0 Å². The molecule has 0 unspecified atom stereocenters. The third-order valence-electron chi connectivity index (χ3n) is 3.47. The van der Waals surface area contributed by atoms with Crippen molar-refractivity contribution in [1.29, 1.82) is 0 Å². The number of carbonyl (C=O) groups is 1. The van der Waals surface area contributed by atoms with Gasteiger partial charge in [0.25, 0.3) is 0 Å². The van der Waals surface area contributed by atoms with Gasteiger partial charge in [-0.05, 0) is 12.8 Å². The first-order chi connectivity index (χ1) is 7.93. The molecule has 5 heteroatoms. The third kappa shape index (κ3) is 2.98. The van der Waals surface area contributed by atoms with Gasteiger partial charge < -0.3 is 9.05 Å². The van der Waals surface area contributed by atoms with Crippen LogP contribution >= 0.6 is 7.60 Å². The molecular formula is C12H21O4P. The Morgan fingerprint density at radius 2 is 1.65 bits per heavy atom. The highest BCUT2D eigenvalue weighted by atomic mass is 31.2. The van der Waals surface area contributed by atoms with Gasteiger partial charge in [-0.15, -0.1) is 0 Å². The smallest absolute Gasteiger partial charge is 0.303 e. The summed E-state index contributed by atoms with van der Waals surface area (Å²) in [5, 5.41) is 0. The first-order valence-electron chi connectivity index (χ1n) is 6.37. The molecule has 1 aliphatic heterocycles. The molecule has 0 atom stereocenters. The van der Waals surface area contributed by atoms with Gasteiger partial charge in [0.05, 0.1) is 13.2 Å². The molecule has 2 aliphatic rings. The topological polar surface area (TPSA) is 52.6 Å². The molecular weight excluding hydrogens is 239 g/mol. The van der Waals surface area contributed by atoms with Crippen LogP contribution in [0.2, 0.25) is 0 Å². The van der Waals surface area contributed by atoms with Gasteiger partial charge in [0, 0.05) is 11.3 Å². The fourth-order valence-corrected chi connectivity index (χ4v) is 4.37.